The second-order valence-corrected chi connectivity index (χ2v) is 6.89. The van der Waals surface area contributed by atoms with Crippen LogP contribution in [-0.4, -0.2) is 49.3 Å². The van der Waals surface area contributed by atoms with Gasteiger partial charge < -0.3 is 15.0 Å². The molecule has 0 unspecified atom stereocenters. The van der Waals surface area contributed by atoms with Gasteiger partial charge in [-0.1, -0.05) is 18.2 Å². The Bertz CT molecular complexity index is 636. The maximum atomic E-state index is 5.63. The van der Waals surface area contributed by atoms with Crippen LogP contribution in [0.4, 0.5) is 0 Å². The topological polar surface area (TPSA) is 40.3 Å². The minimum Gasteiger partial charge on any atom is -0.381 e. The van der Waals surface area contributed by atoms with Gasteiger partial charge in [0.1, 0.15) is 0 Å². The summed E-state index contributed by atoms with van der Waals surface area (Å²) in [5, 5.41) is 4.90. The molecular weight excluding hydrogens is 286 g/mol. The third kappa shape index (κ3) is 2.91. The van der Waals surface area contributed by atoms with Crippen LogP contribution in [0.1, 0.15) is 30.1 Å². The highest BCUT2D eigenvalue weighted by atomic mass is 16.5. The summed E-state index contributed by atoms with van der Waals surface area (Å²) in [6.45, 7) is 8.54. The maximum Gasteiger partial charge on any atom is 0.0469 e. The lowest BCUT2D eigenvalue weighted by atomic mass is 9.84. The minimum atomic E-state index is 0.511. The van der Waals surface area contributed by atoms with Crippen molar-refractivity contribution in [1.82, 2.24) is 15.2 Å². The van der Waals surface area contributed by atoms with E-state index in [0.29, 0.717) is 12.0 Å². The number of para-hydroxylation sites is 1. The highest BCUT2D eigenvalue weighted by molar-refractivity contribution is 5.85. The van der Waals surface area contributed by atoms with Gasteiger partial charge >= 0.3 is 0 Å². The van der Waals surface area contributed by atoms with Crippen LogP contribution in [0.3, 0.4) is 0 Å². The van der Waals surface area contributed by atoms with E-state index in [1.165, 1.54) is 35.0 Å². The fourth-order valence-electron chi connectivity index (χ4n) is 4.39. The number of piperazine rings is 1. The lowest BCUT2D eigenvalue weighted by Gasteiger charge is -2.41. The molecule has 2 aliphatic rings. The van der Waals surface area contributed by atoms with Gasteiger partial charge in [0.2, 0.25) is 0 Å². The van der Waals surface area contributed by atoms with E-state index < -0.39 is 0 Å². The first kappa shape index (κ1) is 15.2. The summed E-state index contributed by atoms with van der Waals surface area (Å²) in [5.74, 6) is 0.694. The number of aromatic nitrogens is 1. The molecule has 0 radical (unpaired) electrons. The van der Waals surface area contributed by atoms with Gasteiger partial charge in [-0.3, -0.25) is 4.90 Å². The average Bonchev–Trinajstić information content (AvgIpc) is 2.94. The number of hydrogen-bond donors (Lipinski definition) is 2. The number of fused-ring (bicyclic) bond motifs is 1. The van der Waals surface area contributed by atoms with Crippen molar-refractivity contribution in [3.05, 3.63) is 35.5 Å². The first-order valence-electron chi connectivity index (χ1n) is 8.94. The summed E-state index contributed by atoms with van der Waals surface area (Å²) < 4.78 is 5.63. The predicted molar refractivity (Wildman–Crippen MR) is 93.8 cm³/mol. The smallest absolute Gasteiger partial charge is 0.0469 e. The average molecular weight is 313 g/mol. The molecular formula is C19H27N3O. The summed E-state index contributed by atoms with van der Waals surface area (Å²) in [7, 11) is 0. The summed E-state index contributed by atoms with van der Waals surface area (Å²) >= 11 is 0. The number of aryl methyl sites for hydroxylation is 1. The van der Waals surface area contributed by atoms with E-state index in [1.807, 2.05) is 0 Å². The summed E-state index contributed by atoms with van der Waals surface area (Å²) in [5.41, 5.74) is 4.13. The molecule has 0 saturated carbocycles. The quantitative estimate of drug-likeness (QED) is 0.915. The molecule has 4 rings (SSSR count). The zero-order chi connectivity index (χ0) is 15.6. The van der Waals surface area contributed by atoms with Crippen LogP contribution in [0.25, 0.3) is 10.9 Å². The largest absolute Gasteiger partial charge is 0.381 e. The van der Waals surface area contributed by atoms with Crippen molar-refractivity contribution in [2.24, 2.45) is 5.92 Å². The number of rotatable bonds is 3. The molecule has 4 nitrogen and oxygen atoms in total. The Morgan fingerprint density at radius 2 is 1.87 bits per heavy atom. The van der Waals surface area contributed by atoms with Crippen LogP contribution in [0.15, 0.2) is 24.3 Å². The van der Waals surface area contributed by atoms with Crippen LogP contribution < -0.4 is 5.32 Å². The Morgan fingerprint density at radius 1 is 1.13 bits per heavy atom. The van der Waals surface area contributed by atoms with E-state index in [0.717, 1.165) is 39.4 Å². The predicted octanol–water partition coefficient (Wildman–Crippen LogP) is 2.85. The number of H-pyrrole nitrogens is 1. The van der Waals surface area contributed by atoms with Gasteiger partial charge in [0.05, 0.1) is 0 Å². The Balaban J connectivity index is 1.77. The van der Waals surface area contributed by atoms with Gasteiger partial charge in [0.15, 0.2) is 0 Å². The molecule has 1 atom stereocenters. The lowest BCUT2D eigenvalue weighted by Crippen LogP contribution is -2.47. The number of aromatic amines is 1. The Kier molecular flexibility index (Phi) is 4.38. The molecule has 0 spiro atoms. The van der Waals surface area contributed by atoms with Crippen molar-refractivity contribution < 1.29 is 4.74 Å². The fourth-order valence-corrected chi connectivity index (χ4v) is 4.39. The normalized spacial score (nSPS) is 22.5. The maximum absolute atomic E-state index is 5.63. The molecule has 2 aromatic rings. The van der Waals surface area contributed by atoms with Gasteiger partial charge in [0.25, 0.3) is 0 Å². The van der Waals surface area contributed by atoms with Crippen LogP contribution >= 0.6 is 0 Å². The van der Waals surface area contributed by atoms with E-state index in [1.54, 1.807) is 0 Å². The molecule has 0 amide bonds. The Hall–Kier alpha value is -1.36. The van der Waals surface area contributed by atoms with Crippen molar-refractivity contribution in [2.75, 3.05) is 39.4 Å². The molecule has 124 valence electrons. The number of ether oxygens (including phenoxy) is 1. The Labute approximate surface area is 138 Å². The van der Waals surface area contributed by atoms with Crippen molar-refractivity contribution >= 4 is 10.9 Å². The highest BCUT2D eigenvalue weighted by Gasteiger charge is 2.33. The summed E-state index contributed by atoms with van der Waals surface area (Å²) in [4.78, 5) is 6.32. The molecule has 3 heterocycles. The zero-order valence-electron chi connectivity index (χ0n) is 14.0. The molecule has 2 fully saturated rings. The number of nitrogens with one attached hydrogen (secondary N) is 2. The van der Waals surface area contributed by atoms with Crippen LogP contribution in [-0.2, 0) is 4.74 Å². The Morgan fingerprint density at radius 3 is 2.65 bits per heavy atom. The third-order valence-electron chi connectivity index (χ3n) is 5.50. The van der Waals surface area contributed by atoms with Crippen LogP contribution in [0.5, 0.6) is 0 Å². The van der Waals surface area contributed by atoms with Gasteiger partial charge in [-0.25, -0.2) is 0 Å². The molecule has 4 heteroatoms. The molecule has 2 aliphatic heterocycles. The second kappa shape index (κ2) is 6.63. The molecule has 0 aliphatic carbocycles. The molecule has 2 saturated heterocycles. The van der Waals surface area contributed by atoms with E-state index in [4.69, 9.17) is 4.74 Å². The van der Waals surface area contributed by atoms with Crippen LogP contribution in [0, 0.1) is 12.8 Å². The van der Waals surface area contributed by atoms with E-state index in [-0.39, 0.29) is 0 Å². The SMILES string of the molecule is Cc1[nH]c2ccccc2c1[C@H](C1CCOCC1)N1CCNCC1. The van der Waals surface area contributed by atoms with Crippen molar-refractivity contribution in [1.29, 1.82) is 0 Å². The third-order valence-corrected chi connectivity index (χ3v) is 5.50. The molecule has 2 N–H and O–H groups in total. The van der Waals surface area contributed by atoms with Crippen molar-refractivity contribution in [3.8, 4) is 0 Å². The zero-order valence-corrected chi connectivity index (χ0v) is 14.0. The summed E-state index contributed by atoms with van der Waals surface area (Å²) in [6, 6.07) is 9.28. The number of hydrogen-bond acceptors (Lipinski definition) is 3. The second-order valence-electron chi connectivity index (χ2n) is 6.89. The van der Waals surface area contributed by atoms with Gasteiger partial charge in [-0.2, -0.15) is 0 Å². The number of benzene rings is 1. The molecule has 1 aromatic heterocycles. The van der Waals surface area contributed by atoms with Crippen molar-refractivity contribution in [3.63, 3.8) is 0 Å². The van der Waals surface area contributed by atoms with Gasteiger partial charge in [-0.05, 0) is 37.3 Å². The standard InChI is InChI=1S/C19H27N3O/c1-14-18(16-4-2-3-5-17(16)21-14)19(15-6-12-23-13-7-15)22-10-8-20-9-11-22/h2-5,15,19-21H,6-13H2,1H3/t19-/m0/s1. The first-order valence-corrected chi connectivity index (χ1v) is 8.94. The van der Waals surface area contributed by atoms with E-state index in [2.05, 4.69) is 46.4 Å². The fraction of sp³-hybridized carbons (Fsp3) is 0.579. The minimum absolute atomic E-state index is 0.511. The molecule has 1 aromatic carbocycles. The van der Waals surface area contributed by atoms with E-state index >= 15 is 0 Å². The number of nitrogens with zero attached hydrogens (tertiary/aromatic N) is 1. The van der Waals surface area contributed by atoms with Gasteiger partial charge in [-0.15, -0.1) is 0 Å². The lowest BCUT2D eigenvalue weighted by molar-refractivity contribution is 0.0215. The van der Waals surface area contributed by atoms with Crippen molar-refractivity contribution in [2.45, 2.75) is 25.8 Å². The summed E-state index contributed by atoms with van der Waals surface area (Å²) in [6.07, 6.45) is 2.35. The molecule has 23 heavy (non-hydrogen) atoms. The monoisotopic (exact) mass is 313 g/mol. The molecule has 0 bridgehead atoms. The van der Waals surface area contributed by atoms with Gasteiger partial charge in [0, 0.05) is 62.0 Å². The highest BCUT2D eigenvalue weighted by Crippen LogP contribution is 2.40. The van der Waals surface area contributed by atoms with Crippen LogP contribution in [0.2, 0.25) is 0 Å². The first-order chi connectivity index (χ1) is 11.3. The van der Waals surface area contributed by atoms with E-state index in [9.17, 15) is 0 Å².